The molecule has 1 unspecified atom stereocenters. The Morgan fingerprint density at radius 2 is 1.90 bits per heavy atom. The molecule has 7 nitrogen and oxygen atoms in total. The van der Waals surface area contributed by atoms with Gasteiger partial charge in [0.15, 0.2) is 0 Å². The third-order valence-corrected chi connectivity index (χ3v) is 8.47. The number of nitrogens with one attached hydrogen (secondary N) is 1. The molecule has 1 aliphatic carbocycles. The molecule has 1 saturated carbocycles. The third kappa shape index (κ3) is 5.39. The van der Waals surface area contributed by atoms with Crippen molar-refractivity contribution in [2.75, 3.05) is 26.0 Å². The van der Waals surface area contributed by atoms with Gasteiger partial charge in [-0.1, -0.05) is 23.9 Å². The summed E-state index contributed by atoms with van der Waals surface area (Å²) in [5, 5.41) is 3.77. The second kappa shape index (κ2) is 9.58. The maximum absolute atomic E-state index is 12.6. The van der Waals surface area contributed by atoms with Crippen LogP contribution in [0.4, 0.5) is 0 Å². The lowest BCUT2D eigenvalue weighted by Gasteiger charge is -2.19. The molecule has 0 bridgehead atoms. The molecule has 2 aliphatic rings. The van der Waals surface area contributed by atoms with Crippen LogP contribution in [0.15, 0.2) is 52.5 Å². The number of ether oxygens (including phenoxy) is 1. The lowest BCUT2D eigenvalue weighted by Crippen LogP contribution is -2.31. The Hall–Kier alpha value is -2.10. The molecule has 1 saturated heterocycles. The highest BCUT2D eigenvalue weighted by molar-refractivity contribution is 7.99. The first kappa shape index (κ1) is 22.1. The number of hydrogen-bond acceptors (Lipinski definition) is 6. The molecule has 2 aromatic rings. The van der Waals surface area contributed by atoms with Crippen molar-refractivity contribution < 1.29 is 17.9 Å². The molecule has 1 amide bonds. The van der Waals surface area contributed by atoms with Crippen LogP contribution in [0.2, 0.25) is 0 Å². The summed E-state index contributed by atoms with van der Waals surface area (Å²) in [5.41, 5.74) is 1.08. The number of pyridine rings is 1. The van der Waals surface area contributed by atoms with Crippen molar-refractivity contribution in [1.82, 2.24) is 14.6 Å². The van der Waals surface area contributed by atoms with E-state index in [0.717, 1.165) is 37.0 Å². The number of carbonyl (C=O) groups excluding carboxylic acids is 1. The van der Waals surface area contributed by atoms with E-state index in [1.165, 1.54) is 22.3 Å². The van der Waals surface area contributed by atoms with Gasteiger partial charge in [0.2, 0.25) is 15.9 Å². The lowest BCUT2D eigenvalue weighted by molar-refractivity contribution is -0.119. The van der Waals surface area contributed by atoms with Gasteiger partial charge in [-0.25, -0.2) is 13.4 Å². The normalized spacial score (nSPS) is 18.0. The minimum absolute atomic E-state index is 0.0000505. The summed E-state index contributed by atoms with van der Waals surface area (Å²) >= 11 is 1.30. The molecule has 166 valence electrons. The Labute approximate surface area is 187 Å². The van der Waals surface area contributed by atoms with Gasteiger partial charge in [0.25, 0.3) is 0 Å². The lowest BCUT2D eigenvalue weighted by atomic mass is 10.0. The quantitative estimate of drug-likeness (QED) is 0.577. The Bertz CT molecular complexity index is 1000. The van der Waals surface area contributed by atoms with Crippen molar-refractivity contribution >= 4 is 27.7 Å². The van der Waals surface area contributed by atoms with Crippen LogP contribution in [0.3, 0.4) is 0 Å². The number of carbonyl (C=O) groups is 1. The fraction of sp³-hybridized carbons (Fsp3) is 0.455. The van der Waals surface area contributed by atoms with Crippen molar-refractivity contribution in [3.63, 3.8) is 0 Å². The number of sulfonamides is 1. The number of nitrogens with zero attached hydrogens (tertiary/aromatic N) is 2. The second-order valence-electron chi connectivity index (χ2n) is 7.89. The average molecular weight is 462 g/mol. The Kier molecular flexibility index (Phi) is 6.83. The summed E-state index contributed by atoms with van der Waals surface area (Å²) in [6, 6.07) is 11.1. The van der Waals surface area contributed by atoms with Crippen LogP contribution in [0.1, 0.15) is 37.3 Å². The summed E-state index contributed by atoms with van der Waals surface area (Å²) in [6.45, 7) is 1.13. The smallest absolute Gasteiger partial charge is 0.244 e. The van der Waals surface area contributed by atoms with Gasteiger partial charge in [-0.3, -0.25) is 4.79 Å². The zero-order chi connectivity index (χ0) is 21.8. The fourth-order valence-electron chi connectivity index (χ4n) is 3.75. The van der Waals surface area contributed by atoms with Crippen LogP contribution in [0.5, 0.6) is 5.75 Å². The van der Waals surface area contributed by atoms with E-state index < -0.39 is 10.0 Å². The second-order valence-corrected chi connectivity index (χ2v) is 10.8. The number of aromatic nitrogens is 1. The van der Waals surface area contributed by atoms with Crippen LogP contribution in [-0.4, -0.2) is 49.6 Å². The molecule has 9 heteroatoms. The number of benzene rings is 1. The Balaban J connectivity index is 1.33. The minimum Gasteiger partial charge on any atom is -0.497 e. The molecule has 0 radical (unpaired) electrons. The van der Waals surface area contributed by atoms with Crippen molar-refractivity contribution in [1.29, 1.82) is 0 Å². The molecule has 1 aromatic carbocycles. The van der Waals surface area contributed by atoms with E-state index >= 15 is 0 Å². The van der Waals surface area contributed by atoms with Crippen LogP contribution in [0.25, 0.3) is 0 Å². The largest absolute Gasteiger partial charge is 0.497 e. The van der Waals surface area contributed by atoms with Crippen molar-refractivity contribution in [2.45, 2.75) is 41.6 Å². The molecule has 2 heterocycles. The van der Waals surface area contributed by atoms with Crippen LogP contribution in [0, 0.1) is 5.92 Å². The van der Waals surface area contributed by atoms with Gasteiger partial charge in [-0.15, -0.1) is 0 Å². The summed E-state index contributed by atoms with van der Waals surface area (Å²) in [4.78, 5) is 17.0. The first-order valence-corrected chi connectivity index (χ1v) is 12.9. The molecule has 1 aliphatic heterocycles. The van der Waals surface area contributed by atoms with Crippen molar-refractivity contribution in [3.8, 4) is 5.75 Å². The fourth-order valence-corrected chi connectivity index (χ4v) is 5.87. The maximum Gasteiger partial charge on any atom is 0.244 e. The van der Waals surface area contributed by atoms with Crippen molar-refractivity contribution in [2.24, 2.45) is 5.92 Å². The molecular formula is C22H27N3O4S2. The highest BCUT2D eigenvalue weighted by atomic mass is 32.2. The van der Waals surface area contributed by atoms with Crippen molar-refractivity contribution in [3.05, 3.63) is 48.2 Å². The number of thioether (sulfide) groups is 1. The molecule has 4 rings (SSSR count). The highest BCUT2D eigenvalue weighted by Crippen LogP contribution is 2.41. The van der Waals surface area contributed by atoms with Gasteiger partial charge in [0.1, 0.15) is 10.6 Å². The molecule has 1 aromatic heterocycles. The summed E-state index contributed by atoms with van der Waals surface area (Å²) in [6.07, 6.45) is 5.40. The number of amides is 1. The highest BCUT2D eigenvalue weighted by Gasteiger charge is 2.33. The SMILES string of the molecule is COc1ccc(C(NC(=O)CSc2ccc(S(=O)(=O)N3CCCC3)cn2)C2CC2)cc1. The third-order valence-electron chi connectivity index (χ3n) is 5.65. The molecule has 0 spiro atoms. The van der Waals surface area contributed by atoms with E-state index in [2.05, 4.69) is 10.3 Å². The van der Waals surface area contributed by atoms with E-state index in [1.807, 2.05) is 24.3 Å². The van der Waals surface area contributed by atoms with Gasteiger partial charge in [-0.2, -0.15) is 4.31 Å². The number of methoxy groups -OCH3 is 1. The van der Waals surface area contributed by atoms with E-state index in [-0.39, 0.29) is 22.6 Å². The maximum atomic E-state index is 12.6. The summed E-state index contributed by atoms with van der Waals surface area (Å²) in [7, 11) is -1.83. The standard InChI is InChI=1S/C22H27N3O4S2/c1-29-18-8-6-17(7-9-18)22(16-4-5-16)24-20(26)15-30-21-11-10-19(14-23-21)31(27,28)25-12-2-3-13-25/h6-11,14,16,22H,2-5,12-13,15H2,1H3,(H,24,26). The molecule has 31 heavy (non-hydrogen) atoms. The average Bonchev–Trinajstić information content (AvgIpc) is 3.47. The monoisotopic (exact) mass is 461 g/mol. The van der Waals surface area contributed by atoms with E-state index in [4.69, 9.17) is 4.74 Å². The zero-order valence-electron chi connectivity index (χ0n) is 17.5. The van der Waals surface area contributed by atoms with Crippen LogP contribution < -0.4 is 10.1 Å². The first-order valence-electron chi connectivity index (χ1n) is 10.5. The van der Waals surface area contributed by atoms with Crippen LogP contribution in [-0.2, 0) is 14.8 Å². The van der Waals surface area contributed by atoms with Gasteiger partial charge < -0.3 is 10.1 Å². The summed E-state index contributed by atoms with van der Waals surface area (Å²) in [5.74, 6) is 1.43. The Morgan fingerprint density at radius 3 is 2.48 bits per heavy atom. The van der Waals surface area contributed by atoms with E-state index in [9.17, 15) is 13.2 Å². The van der Waals surface area contributed by atoms with E-state index in [0.29, 0.717) is 24.0 Å². The van der Waals surface area contributed by atoms with Gasteiger partial charge in [0.05, 0.1) is 23.9 Å². The van der Waals surface area contributed by atoms with Gasteiger partial charge >= 0.3 is 0 Å². The molecule has 2 fully saturated rings. The molecule has 1 atom stereocenters. The first-order chi connectivity index (χ1) is 15.0. The van der Waals surface area contributed by atoms with Crippen LogP contribution >= 0.6 is 11.8 Å². The number of hydrogen-bond donors (Lipinski definition) is 1. The van der Waals surface area contributed by atoms with E-state index in [1.54, 1.807) is 19.2 Å². The topological polar surface area (TPSA) is 88.6 Å². The zero-order valence-corrected chi connectivity index (χ0v) is 19.1. The molecular weight excluding hydrogens is 434 g/mol. The molecule has 1 N–H and O–H groups in total. The van der Waals surface area contributed by atoms with Gasteiger partial charge in [0, 0.05) is 19.3 Å². The number of rotatable bonds is 9. The van der Waals surface area contributed by atoms with Gasteiger partial charge in [-0.05, 0) is 61.4 Å². The predicted molar refractivity (Wildman–Crippen MR) is 120 cm³/mol. The minimum atomic E-state index is -3.47. The predicted octanol–water partition coefficient (Wildman–Crippen LogP) is 3.23. The summed E-state index contributed by atoms with van der Waals surface area (Å²) < 4.78 is 31.9. The Morgan fingerprint density at radius 1 is 1.19 bits per heavy atom.